The van der Waals surface area contributed by atoms with Crippen LogP contribution in [0.25, 0.3) is 22.2 Å². The van der Waals surface area contributed by atoms with Crippen LogP contribution in [0.4, 0.5) is 5.69 Å². The van der Waals surface area contributed by atoms with Crippen LogP contribution in [-0.2, 0) is 11.8 Å². The van der Waals surface area contributed by atoms with E-state index in [0.717, 1.165) is 80.7 Å². The van der Waals surface area contributed by atoms with Gasteiger partial charge in [0.1, 0.15) is 12.0 Å². The first-order valence-electron chi connectivity index (χ1n) is 15.5. The summed E-state index contributed by atoms with van der Waals surface area (Å²) >= 11 is 0. The molecular formula is C34H40N4O3. The molecule has 7 nitrogen and oxygen atoms in total. The fourth-order valence-corrected chi connectivity index (χ4v) is 6.94. The van der Waals surface area contributed by atoms with Gasteiger partial charge in [0.2, 0.25) is 5.91 Å². The Morgan fingerprint density at radius 2 is 1.78 bits per heavy atom. The number of anilines is 1. The Kier molecular flexibility index (Phi) is 7.15. The molecule has 1 N–H and O–H groups in total. The lowest BCUT2D eigenvalue weighted by Gasteiger charge is -2.35. The third kappa shape index (κ3) is 5.56. The highest BCUT2D eigenvalue weighted by atomic mass is 16.3. The lowest BCUT2D eigenvalue weighted by molar-refractivity contribution is -0.124. The molecule has 0 spiro atoms. The van der Waals surface area contributed by atoms with Gasteiger partial charge in [-0.25, -0.2) is 4.98 Å². The van der Waals surface area contributed by atoms with E-state index in [1.54, 1.807) is 6.26 Å². The van der Waals surface area contributed by atoms with Crippen molar-refractivity contribution in [2.75, 3.05) is 11.4 Å². The maximum atomic E-state index is 14.0. The number of benzene rings is 1. The van der Waals surface area contributed by atoms with Crippen molar-refractivity contribution in [1.29, 1.82) is 0 Å². The predicted molar refractivity (Wildman–Crippen MR) is 160 cm³/mol. The van der Waals surface area contributed by atoms with Crippen molar-refractivity contribution in [1.82, 2.24) is 14.5 Å². The number of rotatable bonds is 7. The van der Waals surface area contributed by atoms with Crippen molar-refractivity contribution in [3.63, 3.8) is 0 Å². The molecule has 0 atom stereocenters. The standard InChI is InChI=1S/C34H40N4O3/c1-37-16-15-27-18-30(35-19-32(27)37)23-7-5-22(6-8-23)20-38(34(40)25-11-13-29(39)14-12-25)28-4-2-3-26(17-28)31-21-41-33(36-31)24-9-10-24/h2-4,15-19,21-25,29,39H,5-14,20H2,1H3/t22-,23-,25-,29-. The minimum atomic E-state index is -0.275. The molecule has 0 unspecified atom stereocenters. The topological polar surface area (TPSA) is 84.4 Å². The smallest absolute Gasteiger partial charge is 0.230 e. The first-order chi connectivity index (χ1) is 20.0. The zero-order valence-electron chi connectivity index (χ0n) is 23.9. The van der Waals surface area contributed by atoms with E-state index in [1.165, 1.54) is 16.6 Å². The summed E-state index contributed by atoms with van der Waals surface area (Å²) in [4.78, 5) is 25.7. The first-order valence-corrected chi connectivity index (χ1v) is 15.5. The maximum Gasteiger partial charge on any atom is 0.230 e. The van der Waals surface area contributed by atoms with Crippen LogP contribution in [0.5, 0.6) is 0 Å². The van der Waals surface area contributed by atoms with E-state index in [-0.39, 0.29) is 17.9 Å². The molecule has 4 aromatic rings. The second-order valence-corrected chi connectivity index (χ2v) is 12.7. The zero-order valence-corrected chi connectivity index (χ0v) is 23.9. The van der Waals surface area contributed by atoms with Gasteiger partial charge in [0.15, 0.2) is 5.89 Å². The van der Waals surface area contributed by atoms with E-state index in [2.05, 4.69) is 48.1 Å². The van der Waals surface area contributed by atoms with Crippen LogP contribution in [0.2, 0.25) is 0 Å². The van der Waals surface area contributed by atoms with E-state index in [1.807, 2.05) is 17.2 Å². The zero-order chi connectivity index (χ0) is 27.9. The second kappa shape index (κ2) is 11.1. The van der Waals surface area contributed by atoms with Crippen LogP contribution in [0.1, 0.15) is 87.6 Å². The minimum absolute atomic E-state index is 0.0336. The first kappa shape index (κ1) is 26.4. The van der Waals surface area contributed by atoms with Gasteiger partial charge >= 0.3 is 0 Å². The lowest BCUT2D eigenvalue weighted by atomic mass is 9.79. The van der Waals surface area contributed by atoms with Crippen LogP contribution in [0, 0.1) is 11.8 Å². The number of hydrogen-bond acceptors (Lipinski definition) is 5. The van der Waals surface area contributed by atoms with Gasteiger partial charge in [0, 0.05) is 59.9 Å². The maximum absolute atomic E-state index is 14.0. The molecule has 3 aromatic heterocycles. The number of aryl methyl sites for hydroxylation is 1. The third-order valence-corrected chi connectivity index (χ3v) is 9.71. The molecule has 3 heterocycles. The van der Waals surface area contributed by atoms with Crippen molar-refractivity contribution >= 4 is 22.5 Å². The van der Waals surface area contributed by atoms with Gasteiger partial charge in [-0.3, -0.25) is 9.78 Å². The highest BCUT2D eigenvalue weighted by Gasteiger charge is 2.33. The summed E-state index contributed by atoms with van der Waals surface area (Å²) in [6, 6.07) is 12.7. The van der Waals surface area contributed by atoms with Gasteiger partial charge in [-0.05, 0) is 94.4 Å². The number of amides is 1. The number of carbonyl (C=O) groups excluding carboxylic acids is 1. The Labute approximate surface area is 241 Å². The Morgan fingerprint density at radius 3 is 2.56 bits per heavy atom. The van der Waals surface area contributed by atoms with E-state index in [9.17, 15) is 9.90 Å². The average Bonchev–Trinajstić information content (AvgIpc) is 3.62. The van der Waals surface area contributed by atoms with Gasteiger partial charge in [0.05, 0.1) is 17.8 Å². The van der Waals surface area contributed by atoms with Crippen LogP contribution in [-0.4, -0.2) is 38.2 Å². The van der Waals surface area contributed by atoms with Crippen molar-refractivity contribution in [3.05, 3.63) is 66.6 Å². The number of oxazole rings is 1. The normalized spacial score (nSPS) is 24.9. The molecule has 1 amide bonds. The molecule has 7 rings (SSSR count). The highest BCUT2D eigenvalue weighted by molar-refractivity contribution is 5.95. The summed E-state index contributed by atoms with van der Waals surface area (Å²) in [6.07, 6.45) is 15.2. The largest absolute Gasteiger partial charge is 0.448 e. The lowest BCUT2D eigenvalue weighted by Crippen LogP contribution is -2.41. The monoisotopic (exact) mass is 552 g/mol. The summed E-state index contributed by atoms with van der Waals surface area (Å²) in [5.74, 6) is 2.38. The molecule has 41 heavy (non-hydrogen) atoms. The van der Waals surface area contributed by atoms with E-state index in [0.29, 0.717) is 30.6 Å². The molecule has 3 fully saturated rings. The number of fused-ring (bicyclic) bond motifs is 1. The van der Waals surface area contributed by atoms with Crippen LogP contribution in [0.3, 0.4) is 0 Å². The molecule has 3 aliphatic carbocycles. The molecule has 1 aromatic carbocycles. The van der Waals surface area contributed by atoms with Crippen LogP contribution < -0.4 is 4.90 Å². The average molecular weight is 553 g/mol. The van der Waals surface area contributed by atoms with Gasteiger partial charge in [-0.2, -0.15) is 0 Å². The number of aromatic nitrogens is 3. The number of aliphatic hydroxyl groups excluding tert-OH is 1. The summed E-state index contributed by atoms with van der Waals surface area (Å²) in [6.45, 7) is 0.728. The predicted octanol–water partition coefficient (Wildman–Crippen LogP) is 6.96. The summed E-state index contributed by atoms with van der Waals surface area (Å²) in [5.41, 5.74) is 5.13. The molecule has 0 bridgehead atoms. The van der Waals surface area contributed by atoms with Gasteiger partial charge in [-0.1, -0.05) is 12.1 Å². The summed E-state index contributed by atoms with van der Waals surface area (Å²) < 4.78 is 7.88. The fourth-order valence-electron chi connectivity index (χ4n) is 6.94. The fraction of sp³-hybridized carbons (Fsp3) is 0.500. The van der Waals surface area contributed by atoms with Gasteiger partial charge in [0.25, 0.3) is 0 Å². The Hall–Kier alpha value is -3.45. The van der Waals surface area contributed by atoms with E-state index >= 15 is 0 Å². The van der Waals surface area contributed by atoms with Crippen molar-refractivity contribution in [2.24, 2.45) is 18.9 Å². The Balaban J connectivity index is 1.09. The quantitative estimate of drug-likeness (QED) is 0.268. The molecule has 3 aliphatic rings. The molecule has 0 radical (unpaired) electrons. The molecule has 7 heteroatoms. The van der Waals surface area contributed by atoms with Crippen LogP contribution in [0.15, 0.2) is 59.5 Å². The number of hydrogen-bond donors (Lipinski definition) is 1. The van der Waals surface area contributed by atoms with Gasteiger partial charge < -0.3 is 19.0 Å². The highest BCUT2D eigenvalue weighted by Crippen LogP contribution is 2.41. The summed E-state index contributed by atoms with van der Waals surface area (Å²) in [5, 5.41) is 11.3. The Bertz CT molecular complexity index is 1520. The molecular weight excluding hydrogens is 512 g/mol. The molecule has 0 saturated heterocycles. The molecule has 3 saturated carbocycles. The minimum Gasteiger partial charge on any atom is -0.448 e. The number of nitrogens with zero attached hydrogens (tertiary/aromatic N) is 4. The SMILES string of the molecule is Cn1ccc2cc([C@H]3CC[C@H](CN(c4cccc(-c5coc(C6CC6)n5)c4)C(=O)[C@H]4CC[C@H](O)CC4)CC3)ncc21. The van der Waals surface area contributed by atoms with Gasteiger partial charge in [-0.15, -0.1) is 0 Å². The molecule has 214 valence electrons. The molecule has 0 aliphatic heterocycles. The summed E-state index contributed by atoms with van der Waals surface area (Å²) in [7, 11) is 2.06. The van der Waals surface area contributed by atoms with E-state index < -0.39 is 0 Å². The number of carbonyl (C=O) groups is 1. The van der Waals surface area contributed by atoms with Crippen molar-refractivity contribution in [3.8, 4) is 11.3 Å². The third-order valence-electron chi connectivity index (χ3n) is 9.71. The number of aliphatic hydroxyl groups is 1. The Morgan fingerprint density at radius 1 is 1.00 bits per heavy atom. The van der Waals surface area contributed by atoms with Crippen molar-refractivity contribution in [2.45, 2.75) is 82.1 Å². The van der Waals surface area contributed by atoms with E-state index in [4.69, 9.17) is 14.4 Å². The number of pyridine rings is 1. The van der Waals surface area contributed by atoms with Crippen molar-refractivity contribution < 1.29 is 14.3 Å². The second-order valence-electron chi connectivity index (χ2n) is 12.7. The van der Waals surface area contributed by atoms with Crippen LogP contribution >= 0.6 is 0 Å².